The summed E-state index contributed by atoms with van der Waals surface area (Å²) in [5.41, 5.74) is 2.05. The highest BCUT2D eigenvalue weighted by molar-refractivity contribution is 9.10. The van der Waals surface area contributed by atoms with Crippen LogP contribution in [0.2, 0.25) is 0 Å². The Balaban J connectivity index is 2.20. The Morgan fingerprint density at radius 2 is 1.89 bits per heavy atom. The molecule has 0 fully saturated rings. The summed E-state index contributed by atoms with van der Waals surface area (Å²) in [7, 11) is 7.04. The first-order chi connectivity index (χ1) is 12.9. The maximum absolute atomic E-state index is 10.0. The lowest BCUT2D eigenvalue weighted by molar-refractivity contribution is 0.339. The third-order valence-corrected chi connectivity index (χ3v) is 4.55. The molecular weight excluding hydrogens is 412 g/mol. The molecule has 0 saturated carbocycles. The number of aromatic nitrogens is 1. The first kappa shape index (κ1) is 21.0. The molecule has 0 spiro atoms. The van der Waals surface area contributed by atoms with Gasteiger partial charge in [-0.2, -0.15) is 0 Å². The van der Waals surface area contributed by atoms with Crippen molar-refractivity contribution in [1.82, 2.24) is 14.8 Å². The van der Waals surface area contributed by atoms with Crippen LogP contribution < -0.4 is 14.8 Å². The number of aliphatic imine (C=N–C) groups is 1. The standard InChI is InChI=1S/C19H27BrN4O3/c1-6-21-19(24(3)12-15-9-14(20)11-23(15)2)22-10-13-7-16(26-4)18(25)17(8-13)27-5/h7-9,11,25H,6,10,12H2,1-5H3,(H,21,22). The van der Waals surface area contributed by atoms with E-state index in [0.717, 1.165) is 29.1 Å². The molecule has 7 nitrogen and oxygen atoms in total. The lowest BCUT2D eigenvalue weighted by atomic mass is 10.2. The lowest BCUT2D eigenvalue weighted by Crippen LogP contribution is -2.38. The average Bonchev–Trinajstić information content (AvgIpc) is 2.96. The molecule has 8 heteroatoms. The second-order valence-electron chi connectivity index (χ2n) is 6.14. The monoisotopic (exact) mass is 438 g/mol. The van der Waals surface area contributed by atoms with Crippen LogP contribution in [-0.2, 0) is 20.1 Å². The van der Waals surface area contributed by atoms with E-state index in [-0.39, 0.29) is 5.75 Å². The Labute approximate surface area is 168 Å². The minimum atomic E-state index is -0.00830. The average molecular weight is 439 g/mol. The predicted octanol–water partition coefficient (Wildman–Crippen LogP) is 3.11. The first-order valence-electron chi connectivity index (χ1n) is 8.63. The zero-order valence-electron chi connectivity index (χ0n) is 16.4. The van der Waals surface area contributed by atoms with E-state index < -0.39 is 0 Å². The molecule has 1 aromatic heterocycles. The molecule has 148 valence electrons. The predicted molar refractivity (Wildman–Crippen MR) is 111 cm³/mol. The Morgan fingerprint density at radius 3 is 2.37 bits per heavy atom. The molecule has 0 bridgehead atoms. The number of aryl methyl sites for hydroxylation is 1. The smallest absolute Gasteiger partial charge is 0.200 e. The van der Waals surface area contributed by atoms with Crippen molar-refractivity contribution in [3.8, 4) is 17.2 Å². The van der Waals surface area contributed by atoms with E-state index in [9.17, 15) is 5.11 Å². The summed E-state index contributed by atoms with van der Waals surface area (Å²) in [6.07, 6.45) is 2.03. The Kier molecular flexibility index (Phi) is 7.41. The number of ether oxygens (including phenoxy) is 2. The second kappa shape index (κ2) is 9.55. The Bertz CT molecular complexity index is 779. The largest absolute Gasteiger partial charge is 0.502 e. The van der Waals surface area contributed by atoms with Crippen LogP contribution in [0.5, 0.6) is 17.2 Å². The number of phenolic OH excluding ortho intramolecular Hbond substituents is 1. The van der Waals surface area contributed by atoms with Crippen molar-refractivity contribution in [3.63, 3.8) is 0 Å². The highest BCUT2D eigenvalue weighted by Gasteiger charge is 2.13. The molecule has 0 radical (unpaired) electrons. The van der Waals surface area contributed by atoms with Crippen molar-refractivity contribution >= 4 is 21.9 Å². The molecule has 2 rings (SSSR count). The minimum Gasteiger partial charge on any atom is -0.502 e. The van der Waals surface area contributed by atoms with Crippen molar-refractivity contribution in [2.24, 2.45) is 12.0 Å². The zero-order chi connectivity index (χ0) is 20.0. The van der Waals surface area contributed by atoms with Gasteiger partial charge in [-0.15, -0.1) is 0 Å². The van der Waals surface area contributed by atoms with Crippen molar-refractivity contribution in [1.29, 1.82) is 0 Å². The molecule has 1 heterocycles. The fourth-order valence-electron chi connectivity index (χ4n) is 2.72. The Hall–Kier alpha value is -2.35. The summed E-state index contributed by atoms with van der Waals surface area (Å²) in [6, 6.07) is 5.62. The van der Waals surface area contributed by atoms with E-state index in [4.69, 9.17) is 14.5 Å². The van der Waals surface area contributed by atoms with Gasteiger partial charge in [0.2, 0.25) is 5.75 Å². The fourth-order valence-corrected chi connectivity index (χ4v) is 3.29. The molecular formula is C19H27BrN4O3. The van der Waals surface area contributed by atoms with Gasteiger partial charge in [0.15, 0.2) is 17.5 Å². The van der Waals surface area contributed by atoms with Crippen molar-refractivity contribution in [3.05, 3.63) is 40.1 Å². The number of halogens is 1. The zero-order valence-corrected chi connectivity index (χ0v) is 18.0. The molecule has 27 heavy (non-hydrogen) atoms. The summed E-state index contributed by atoms with van der Waals surface area (Å²) in [5, 5.41) is 13.4. The maximum atomic E-state index is 10.0. The lowest BCUT2D eigenvalue weighted by Gasteiger charge is -2.22. The van der Waals surface area contributed by atoms with Gasteiger partial charge < -0.3 is 29.4 Å². The number of methoxy groups -OCH3 is 2. The molecule has 0 aliphatic heterocycles. The summed E-state index contributed by atoms with van der Waals surface area (Å²) in [5.74, 6) is 1.52. The van der Waals surface area contributed by atoms with E-state index in [0.29, 0.717) is 18.0 Å². The molecule has 0 unspecified atom stereocenters. The summed E-state index contributed by atoms with van der Waals surface area (Å²) >= 11 is 3.51. The number of rotatable bonds is 7. The van der Waals surface area contributed by atoms with Crippen LogP contribution in [0.1, 0.15) is 18.2 Å². The van der Waals surface area contributed by atoms with Gasteiger partial charge in [-0.1, -0.05) is 0 Å². The number of guanidine groups is 1. The van der Waals surface area contributed by atoms with Crippen LogP contribution in [0.4, 0.5) is 0 Å². The number of hydrogen-bond acceptors (Lipinski definition) is 4. The number of aromatic hydroxyl groups is 1. The minimum absolute atomic E-state index is 0.00830. The third-order valence-electron chi connectivity index (χ3n) is 4.12. The van der Waals surface area contributed by atoms with Crippen LogP contribution in [-0.4, -0.2) is 48.3 Å². The summed E-state index contributed by atoms with van der Waals surface area (Å²) in [4.78, 5) is 6.78. The second-order valence-corrected chi connectivity index (χ2v) is 7.05. The highest BCUT2D eigenvalue weighted by atomic mass is 79.9. The Morgan fingerprint density at radius 1 is 1.26 bits per heavy atom. The van der Waals surface area contributed by atoms with Crippen LogP contribution in [0.25, 0.3) is 0 Å². The number of nitrogens with zero attached hydrogens (tertiary/aromatic N) is 3. The molecule has 0 aliphatic rings. The van der Waals surface area contributed by atoms with Crippen LogP contribution in [0.3, 0.4) is 0 Å². The van der Waals surface area contributed by atoms with Crippen LogP contribution in [0.15, 0.2) is 33.9 Å². The molecule has 2 aromatic rings. The van der Waals surface area contributed by atoms with Crippen LogP contribution in [0, 0.1) is 0 Å². The summed E-state index contributed by atoms with van der Waals surface area (Å²) in [6.45, 7) is 3.95. The van der Waals surface area contributed by atoms with Gasteiger partial charge in [0.1, 0.15) is 0 Å². The quantitative estimate of drug-likeness (QED) is 0.513. The number of benzene rings is 1. The van der Waals surface area contributed by atoms with E-state index in [2.05, 4.69) is 36.8 Å². The van der Waals surface area contributed by atoms with Gasteiger partial charge in [0.25, 0.3) is 0 Å². The van der Waals surface area contributed by atoms with Gasteiger partial charge in [-0.05, 0) is 46.6 Å². The van der Waals surface area contributed by atoms with Crippen molar-refractivity contribution in [2.45, 2.75) is 20.0 Å². The molecule has 0 atom stereocenters. The fraction of sp³-hybridized carbons (Fsp3) is 0.421. The van der Waals surface area contributed by atoms with Gasteiger partial charge in [0, 0.05) is 37.0 Å². The van der Waals surface area contributed by atoms with E-state index in [1.807, 2.05) is 27.2 Å². The SMILES string of the molecule is CCNC(=NCc1cc(OC)c(O)c(OC)c1)N(C)Cc1cc(Br)cn1C. The van der Waals surface area contributed by atoms with Gasteiger partial charge >= 0.3 is 0 Å². The van der Waals surface area contributed by atoms with E-state index in [1.54, 1.807) is 12.1 Å². The maximum Gasteiger partial charge on any atom is 0.200 e. The molecule has 0 saturated heterocycles. The highest BCUT2D eigenvalue weighted by Crippen LogP contribution is 2.37. The topological polar surface area (TPSA) is 71.2 Å². The van der Waals surface area contributed by atoms with E-state index in [1.165, 1.54) is 19.9 Å². The first-order valence-corrected chi connectivity index (χ1v) is 9.42. The van der Waals surface area contributed by atoms with E-state index >= 15 is 0 Å². The van der Waals surface area contributed by atoms with Crippen molar-refractivity contribution < 1.29 is 14.6 Å². The van der Waals surface area contributed by atoms with Crippen LogP contribution >= 0.6 is 15.9 Å². The van der Waals surface area contributed by atoms with Gasteiger partial charge in [0.05, 0.1) is 27.3 Å². The van der Waals surface area contributed by atoms with Gasteiger partial charge in [-0.25, -0.2) is 4.99 Å². The third kappa shape index (κ3) is 5.32. The number of hydrogen-bond donors (Lipinski definition) is 2. The van der Waals surface area contributed by atoms with Gasteiger partial charge in [-0.3, -0.25) is 0 Å². The number of phenols is 1. The molecule has 0 amide bonds. The normalized spacial score (nSPS) is 11.4. The number of nitrogens with one attached hydrogen (secondary N) is 1. The van der Waals surface area contributed by atoms with Crippen molar-refractivity contribution in [2.75, 3.05) is 27.8 Å². The molecule has 2 N–H and O–H groups in total. The summed E-state index contributed by atoms with van der Waals surface area (Å²) < 4.78 is 13.6. The molecule has 1 aromatic carbocycles. The molecule has 0 aliphatic carbocycles.